The highest BCUT2D eigenvalue weighted by molar-refractivity contribution is 5.81. The van der Waals surface area contributed by atoms with Gasteiger partial charge in [0.15, 0.2) is 0 Å². The standard InChI is InChI=1S/C13H24N2O3/c1-10(5-3-7-14)11(16)15-8-4-6-13(2,9-15)12(17)18/h10H,3-9,14H2,1-2H3,(H,17,18). The first kappa shape index (κ1) is 15.0. The summed E-state index contributed by atoms with van der Waals surface area (Å²) in [6, 6.07) is 0. The molecule has 0 aromatic rings. The zero-order valence-corrected chi connectivity index (χ0v) is 11.3. The summed E-state index contributed by atoms with van der Waals surface area (Å²) in [6.07, 6.45) is 3.01. The molecule has 0 aromatic heterocycles. The third kappa shape index (κ3) is 3.45. The number of carbonyl (C=O) groups excluding carboxylic acids is 1. The van der Waals surface area contributed by atoms with Gasteiger partial charge < -0.3 is 15.7 Å². The maximum absolute atomic E-state index is 12.2. The van der Waals surface area contributed by atoms with Gasteiger partial charge in [-0.3, -0.25) is 9.59 Å². The number of carboxylic acid groups (broad SMARTS) is 1. The predicted molar refractivity (Wildman–Crippen MR) is 69.0 cm³/mol. The first-order chi connectivity index (χ1) is 8.40. The Kier molecular flexibility index (Phi) is 5.14. The lowest BCUT2D eigenvalue weighted by atomic mass is 9.81. The fourth-order valence-electron chi connectivity index (χ4n) is 2.46. The Morgan fingerprint density at radius 2 is 2.17 bits per heavy atom. The van der Waals surface area contributed by atoms with Crippen LogP contribution in [0, 0.1) is 11.3 Å². The highest BCUT2D eigenvalue weighted by Crippen LogP contribution is 2.30. The third-order valence-corrected chi connectivity index (χ3v) is 3.79. The Morgan fingerprint density at radius 1 is 1.50 bits per heavy atom. The molecule has 1 amide bonds. The van der Waals surface area contributed by atoms with E-state index in [4.69, 9.17) is 5.73 Å². The Morgan fingerprint density at radius 3 is 2.72 bits per heavy atom. The van der Waals surface area contributed by atoms with Crippen LogP contribution in [0.1, 0.15) is 39.5 Å². The van der Waals surface area contributed by atoms with Gasteiger partial charge in [-0.2, -0.15) is 0 Å². The molecule has 1 aliphatic heterocycles. The van der Waals surface area contributed by atoms with E-state index in [9.17, 15) is 14.7 Å². The van der Waals surface area contributed by atoms with E-state index in [-0.39, 0.29) is 11.8 Å². The molecule has 0 aromatic carbocycles. The molecule has 1 heterocycles. The number of aliphatic carboxylic acids is 1. The number of likely N-dealkylation sites (tertiary alicyclic amines) is 1. The fourth-order valence-corrected chi connectivity index (χ4v) is 2.46. The highest BCUT2D eigenvalue weighted by Gasteiger charge is 2.39. The molecule has 0 saturated carbocycles. The molecule has 1 fully saturated rings. The molecule has 1 saturated heterocycles. The Labute approximate surface area is 108 Å². The van der Waals surface area contributed by atoms with Gasteiger partial charge in [-0.05, 0) is 39.2 Å². The lowest BCUT2D eigenvalue weighted by Gasteiger charge is -2.38. The van der Waals surface area contributed by atoms with Gasteiger partial charge in [0, 0.05) is 19.0 Å². The van der Waals surface area contributed by atoms with Crippen LogP contribution in [0.4, 0.5) is 0 Å². The van der Waals surface area contributed by atoms with Gasteiger partial charge in [-0.15, -0.1) is 0 Å². The predicted octanol–water partition coefficient (Wildman–Crippen LogP) is 1.07. The van der Waals surface area contributed by atoms with Crippen molar-refractivity contribution in [1.82, 2.24) is 4.90 Å². The molecule has 0 bridgehead atoms. The monoisotopic (exact) mass is 256 g/mol. The molecule has 2 unspecified atom stereocenters. The van der Waals surface area contributed by atoms with Crippen LogP contribution in [-0.2, 0) is 9.59 Å². The van der Waals surface area contributed by atoms with Crippen LogP contribution >= 0.6 is 0 Å². The minimum absolute atomic E-state index is 0.0651. The average molecular weight is 256 g/mol. The van der Waals surface area contributed by atoms with E-state index in [1.165, 1.54) is 0 Å². The zero-order valence-electron chi connectivity index (χ0n) is 11.3. The Hall–Kier alpha value is -1.10. The molecular weight excluding hydrogens is 232 g/mol. The van der Waals surface area contributed by atoms with E-state index in [0.717, 1.165) is 19.3 Å². The second kappa shape index (κ2) is 6.18. The number of nitrogens with two attached hydrogens (primary N) is 1. The van der Waals surface area contributed by atoms with Gasteiger partial charge in [0.2, 0.25) is 5.91 Å². The molecule has 0 spiro atoms. The minimum Gasteiger partial charge on any atom is -0.481 e. The van der Waals surface area contributed by atoms with Crippen LogP contribution in [0.15, 0.2) is 0 Å². The largest absolute Gasteiger partial charge is 0.481 e. The summed E-state index contributed by atoms with van der Waals surface area (Å²) >= 11 is 0. The topological polar surface area (TPSA) is 83.6 Å². The summed E-state index contributed by atoms with van der Waals surface area (Å²) in [7, 11) is 0. The van der Waals surface area contributed by atoms with Crippen molar-refractivity contribution in [2.24, 2.45) is 17.1 Å². The molecule has 0 radical (unpaired) electrons. The van der Waals surface area contributed by atoms with Gasteiger partial charge in [-0.25, -0.2) is 0 Å². The van der Waals surface area contributed by atoms with Gasteiger partial charge in [0.25, 0.3) is 0 Å². The van der Waals surface area contributed by atoms with Crippen molar-refractivity contribution in [3.05, 3.63) is 0 Å². The number of piperidine rings is 1. The van der Waals surface area contributed by atoms with E-state index < -0.39 is 11.4 Å². The van der Waals surface area contributed by atoms with E-state index in [1.54, 1.807) is 11.8 Å². The summed E-state index contributed by atoms with van der Waals surface area (Å²) in [4.78, 5) is 25.1. The molecule has 0 aliphatic carbocycles. The van der Waals surface area contributed by atoms with Crippen LogP contribution in [0.2, 0.25) is 0 Å². The first-order valence-corrected chi connectivity index (χ1v) is 6.63. The normalized spacial score (nSPS) is 25.8. The van der Waals surface area contributed by atoms with E-state index in [2.05, 4.69) is 0 Å². The summed E-state index contributed by atoms with van der Waals surface area (Å²) < 4.78 is 0. The quantitative estimate of drug-likeness (QED) is 0.771. The molecule has 2 atom stereocenters. The SMILES string of the molecule is CC(CCCN)C(=O)N1CCCC(C)(C(=O)O)C1. The maximum Gasteiger partial charge on any atom is 0.311 e. The molecule has 1 rings (SSSR count). The molecule has 5 heteroatoms. The van der Waals surface area contributed by atoms with Gasteiger partial charge >= 0.3 is 5.97 Å². The van der Waals surface area contributed by atoms with Crippen molar-refractivity contribution >= 4 is 11.9 Å². The number of hydrogen-bond donors (Lipinski definition) is 2. The summed E-state index contributed by atoms with van der Waals surface area (Å²) in [5, 5.41) is 9.22. The lowest BCUT2D eigenvalue weighted by Crippen LogP contribution is -2.49. The maximum atomic E-state index is 12.2. The van der Waals surface area contributed by atoms with Crippen molar-refractivity contribution in [3.8, 4) is 0 Å². The molecule has 1 aliphatic rings. The number of carbonyl (C=O) groups is 2. The second-order valence-corrected chi connectivity index (χ2v) is 5.56. The minimum atomic E-state index is -0.811. The molecule has 5 nitrogen and oxygen atoms in total. The smallest absolute Gasteiger partial charge is 0.311 e. The third-order valence-electron chi connectivity index (χ3n) is 3.79. The lowest BCUT2D eigenvalue weighted by molar-refractivity contribution is -0.154. The highest BCUT2D eigenvalue weighted by atomic mass is 16.4. The van der Waals surface area contributed by atoms with Crippen LogP contribution in [0.3, 0.4) is 0 Å². The summed E-state index contributed by atoms with van der Waals surface area (Å²) in [5.41, 5.74) is 4.65. The fraction of sp³-hybridized carbons (Fsp3) is 0.846. The summed E-state index contributed by atoms with van der Waals surface area (Å²) in [6.45, 7) is 5.21. The second-order valence-electron chi connectivity index (χ2n) is 5.56. The summed E-state index contributed by atoms with van der Waals surface area (Å²) in [5.74, 6) is -0.810. The van der Waals surface area contributed by atoms with Gasteiger partial charge in [0.05, 0.1) is 5.41 Å². The van der Waals surface area contributed by atoms with Gasteiger partial charge in [-0.1, -0.05) is 6.92 Å². The Balaban J connectivity index is 2.61. The molecule has 104 valence electrons. The number of hydrogen-bond acceptors (Lipinski definition) is 3. The zero-order chi connectivity index (χ0) is 13.8. The van der Waals surface area contributed by atoms with Gasteiger partial charge in [0.1, 0.15) is 0 Å². The number of carboxylic acids is 1. The van der Waals surface area contributed by atoms with Crippen molar-refractivity contribution < 1.29 is 14.7 Å². The van der Waals surface area contributed by atoms with E-state index >= 15 is 0 Å². The van der Waals surface area contributed by atoms with Crippen LogP contribution in [0.25, 0.3) is 0 Å². The molecule has 3 N–H and O–H groups in total. The number of amides is 1. The van der Waals surface area contributed by atoms with E-state index in [1.807, 2.05) is 6.92 Å². The van der Waals surface area contributed by atoms with Crippen molar-refractivity contribution in [1.29, 1.82) is 0 Å². The van der Waals surface area contributed by atoms with Crippen molar-refractivity contribution in [3.63, 3.8) is 0 Å². The average Bonchev–Trinajstić information content (AvgIpc) is 2.34. The number of nitrogens with zero attached hydrogens (tertiary/aromatic N) is 1. The van der Waals surface area contributed by atoms with Crippen LogP contribution in [-0.4, -0.2) is 41.5 Å². The molecule has 18 heavy (non-hydrogen) atoms. The van der Waals surface area contributed by atoms with Crippen LogP contribution in [0.5, 0.6) is 0 Å². The number of rotatable bonds is 5. The molecular formula is C13H24N2O3. The van der Waals surface area contributed by atoms with Crippen LogP contribution < -0.4 is 5.73 Å². The van der Waals surface area contributed by atoms with Crippen molar-refractivity contribution in [2.75, 3.05) is 19.6 Å². The van der Waals surface area contributed by atoms with Crippen molar-refractivity contribution in [2.45, 2.75) is 39.5 Å². The first-order valence-electron chi connectivity index (χ1n) is 6.63. The Bertz CT molecular complexity index is 319. The van der Waals surface area contributed by atoms with E-state index in [0.29, 0.717) is 26.1 Å².